The van der Waals surface area contributed by atoms with Crippen molar-refractivity contribution in [3.63, 3.8) is 0 Å². The lowest BCUT2D eigenvalue weighted by molar-refractivity contribution is -0.124. The Morgan fingerprint density at radius 1 is 0.575 bits per heavy atom. The third-order valence-corrected chi connectivity index (χ3v) is 7.95. The minimum atomic E-state index is 0.0124. The first-order valence-electron chi connectivity index (χ1n) is 16.7. The summed E-state index contributed by atoms with van der Waals surface area (Å²) in [6.07, 6.45) is 22.2. The van der Waals surface area contributed by atoms with Gasteiger partial charge in [0.1, 0.15) is 5.78 Å². The summed E-state index contributed by atoms with van der Waals surface area (Å²) < 4.78 is 10.9. The van der Waals surface area contributed by atoms with E-state index in [4.69, 9.17) is 9.47 Å². The smallest absolute Gasteiger partial charge is 0.222 e. The highest BCUT2D eigenvalue weighted by molar-refractivity contribution is 5.80. The highest BCUT2D eigenvalue weighted by atomic mass is 16.5. The van der Waals surface area contributed by atoms with Crippen molar-refractivity contribution in [2.24, 2.45) is 5.92 Å². The normalized spacial score (nSPS) is 17.2. The minimum Gasteiger partial charge on any atom is -0.379 e. The zero-order valence-corrected chi connectivity index (χ0v) is 26.2. The number of nitrogens with one attached hydrogen (secondary N) is 2. The topological polar surface area (TPSA) is 93.7 Å². The van der Waals surface area contributed by atoms with Crippen LogP contribution in [0.1, 0.15) is 149 Å². The molecular formula is C33H62N2O5. The fourth-order valence-corrected chi connectivity index (χ4v) is 5.23. The second-order valence-corrected chi connectivity index (χ2v) is 12.0. The summed E-state index contributed by atoms with van der Waals surface area (Å²) in [5.74, 6) is 0.450. The maximum absolute atomic E-state index is 12.3. The Hall–Kier alpha value is -1.47. The Kier molecular flexibility index (Phi) is 23.1. The second-order valence-electron chi connectivity index (χ2n) is 12.0. The molecule has 1 aliphatic carbocycles. The van der Waals surface area contributed by atoms with E-state index in [0.717, 1.165) is 38.5 Å². The molecule has 40 heavy (non-hydrogen) atoms. The van der Waals surface area contributed by atoms with Gasteiger partial charge in [-0.1, -0.05) is 97.8 Å². The van der Waals surface area contributed by atoms with Crippen LogP contribution < -0.4 is 10.6 Å². The van der Waals surface area contributed by atoms with E-state index >= 15 is 0 Å². The number of hydrogen-bond donors (Lipinski definition) is 2. The zero-order chi connectivity index (χ0) is 29.3. The average molecular weight is 567 g/mol. The van der Waals surface area contributed by atoms with Crippen molar-refractivity contribution in [1.29, 1.82) is 0 Å². The van der Waals surface area contributed by atoms with Crippen molar-refractivity contribution >= 4 is 17.6 Å². The highest BCUT2D eigenvalue weighted by Crippen LogP contribution is 2.19. The number of unbranched alkanes of at least 4 members (excludes halogenated alkanes) is 12. The van der Waals surface area contributed by atoms with Crippen LogP contribution in [0.2, 0.25) is 0 Å². The van der Waals surface area contributed by atoms with Crippen LogP contribution in [0.4, 0.5) is 0 Å². The number of amides is 2. The van der Waals surface area contributed by atoms with Crippen molar-refractivity contribution in [1.82, 2.24) is 10.6 Å². The zero-order valence-electron chi connectivity index (χ0n) is 26.2. The minimum absolute atomic E-state index is 0.0124. The number of rotatable bonds is 26. The molecule has 0 unspecified atom stereocenters. The van der Waals surface area contributed by atoms with E-state index in [2.05, 4.69) is 17.6 Å². The molecule has 0 radical (unpaired) electrons. The lowest BCUT2D eigenvalue weighted by atomic mass is 9.91. The summed E-state index contributed by atoms with van der Waals surface area (Å²) in [5.41, 5.74) is 0. The molecule has 2 N–H and O–H groups in total. The van der Waals surface area contributed by atoms with Crippen LogP contribution in [0.5, 0.6) is 0 Å². The van der Waals surface area contributed by atoms with Gasteiger partial charge in [0.05, 0.1) is 26.4 Å². The van der Waals surface area contributed by atoms with E-state index in [9.17, 15) is 14.4 Å². The molecule has 0 aliphatic heterocycles. The molecule has 2 amide bonds. The van der Waals surface area contributed by atoms with E-state index < -0.39 is 0 Å². The third kappa shape index (κ3) is 21.3. The SMILES string of the molecule is CCCCCCCCCCCCCCCC(=O)N[C@H]1CC[C@@H](NC(=O)CCOCCOCCC(=O)C(C)C)CC1. The molecule has 7 heteroatoms. The monoisotopic (exact) mass is 566 g/mol. The number of ether oxygens (including phenoxy) is 2. The Morgan fingerprint density at radius 2 is 0.975 bits per heavy atom. The first-order valence-corrected chi connectivity index (χ1v) is 16.7. The van der Waals surface area contributed by atoms with Gasteiger partial charge in [-0.3, -0.25) is 14.4 Å². The molecule has 0 aromatic heterocycles. The van der Waals surface area contributed by atoms with Gasteiger partial charge in [-0.2, -0.15) is 0 Å². The molecule has 234 valence electrons. The molecule has 1 rings (SSSR count). The van der Waals surface area contributed by atoms with E-state index in [-0.39, 0.29) is 35.6 Å². The van der Waals surface area contributed by atoms with Crippen molar-refractivity contribution < 1.29 is 23.9 Å². The molecule has 0 aromatic carbocycles. The standard InChI is InChI=1S/C33H62N2O5/c1-4-5-6-7-8-9-10-11-12-13-14-15-16-17-32(37)34-29-18-20-30(21-19-29)35-33(38)23-25-40-27-26-39-24-22-31(36)28(2)3/h28-30H,4-27H2,1-3H3,(H,34,37)(H,35,38)/t29-,30+. The summed E-state index contributed by atoms with van der Waals surface area (Å²) in [4.78, 5) is 36.1. The first-order chi connectivity index (χ1) is 19.4. The van der Waals surface area contributed by atoms with Crippen molar-refractivity contribution in [2.75, 3.05) is 26.4 Å². The Morgan fingerprint density at radius 3 is 1.43 bits per heavy atom. The van der Waals surface area contributed by atoms with Gasteiger partial charge in [-0.05, 0) is 32.1 Å². The third-order valence-electron chi connectivity index (χ3n) is 7.95. The average Bonchev–Trinajstić information content (AvgIpc) is 2.93. The van der Waals surface area contributed by atoms with Crippen molar-refractivity contribution in [2.45, 2.75) is 161 Å². The van der Waals surface area contributed by atoms with Crippen LogP contribution >= 0.6 is 0 Å². The van der Waals surface area contributed by atoms with E-state index in [1.807, 2.05) is 13.8 Å². The molecule has 1 saturated carbocycles. The Balaban J connectivity index is 1.91. The van der Waals surface area contributed by atoms with Gasteiger partial charge in [0.25, 0.3) is 0 Å². The Labute approximate surface area is 245 Å². The van der Waals surface area contributed by atoms with Crippen LogP contribution in [0.15, 0.2) is 0 Å². The molecule has 0 atom stereocenters. The van der Waals surface area contributed by atoms with Crippen LogP contribution in [0.25, 0.3) is 0 Å². The van der Waals surface area contributed by atoms with Gasteiger partial charge in [0, 0.05) is 37.3 Å². The predicted molar refractivity (Wildman–Crippen MR) is 163 cm³/mol. The van der Waals surface area contributed by atoms with Gasteiger partial charge in [0.15, 0.2) is 0 Å². The number of carbonyl (C=O) groups excluding carboxylic acids is 3. The first kappa shape index (κ1) is 36.6. The van der Waals surface area contributed by atoms with Crippen LogP contribution in [-0.2, 0) is 23.9 Å². The maximum Gasteiger partial charge on any atom is 0.222 e. The lowest BCUT2D eigenvalue weighted by Gasteiger charge is -2.29. The van der Waals surface area contributed by atoms with E-state index in [1.165, 1.54) is 70.6 Å². The molecule has 0 saturated heterocycles. The van der Waals surface area contributed by atoms with Gasteiger partial charge in [-0.15, -0.1) is 0 Å². The molecule has 7 nitrogen and oxygen atoms in total. The lowest BCUT2D eigenvalue weighted by Crippen LogP contribution is -2.43. The molecular weight excluding hydrogens is 504 g/mol. The fourth-order valence-electron chi connectivity index (χ4n) is 5.23. The summed E-state index contributed by atoms with van der Waals surface area (Å²) in [5, 5.41) is 6.31. The molecule has 1 aliphatic rings. The second kappa shape index (κ2) is 25.3. The van der Waals surface area contributed by atoms with Crippen LogP contribution in [0, 0.1) is 5.92 Å². The summed E-state index contributed by atoms with van der Waals surface area (Å²) in [6, 6.07) is 0.422. The molecule has 0 spiro atoms. The van der Waals surface area contributed by atoms with E-state index in [0.29, 0.717) is 45.7 Å². The maximum atomic E-state index is 12.3. The van der Waals surface area contributed by atoms with Gasteiger partial charge < -0.3 is 20.1 Å². The van der Waals surface area contributed by atoms with Crippen LogP contribution in [-0.4, -0.2) is 56.1 Å². The molecule has 1 fully saturated rings. The quantitative estimate of drug-likeness (QED) is 0.109. The fraction of sp³-hybridized carbons (Fsp3) is 0.909. The summed E-state index contributed by atoms with van der Waals surface area (Å²) >= 11 is 0. The number of carbonyl (C=O) groups is 3. The predicted octanol–water partition coefficient (Wildman–Crippen LogP) is 7.05. The molecule has 0 bridgehead atoms. The van der Waals surface area contributed by atoms with E-state index in [1.54, 1.807) is 0 Å². The summed E-state index contributed by atoms with van der Waals surface area (Å²) in [7, 11) is 0. The van der Waals surface area contributed by atoms with Gasteiger partial charge in [0.2, 0.25) is 11.8 Å². The number of hydrogen-bond acceptors (Lipinski definition) is 5. The van der Waals surface area contributed by atoms with Crippen LogP contribution in [0.3, 0.4) is 0 Å². The van der Waals surface area contributed by atoms with Gasteiger partial charge in [-0.25, -0.2) is 0 Å². The number of ketones is 1. The van der Waals surface area contributed by atoms with Crippen molar-refractivity contribution in [3.05, 3.63) is 0 Å². The largest absolute Gasteiger partial charge is 0.379 e. The molecule has 0 aromatic rings. The summed E-state index contributed by atoms with van der Waals surface area (Å²) in [6.45, 7) is 7.69. The number of Topliss-reactive ketones (excluding diaryl/α,β-unsaturated/α-hetero) is 1. The Bertz CT molecular complexity index is 647. The van der Waals surface area contributed by atoms with Gasteiger partial charge >= 0.3 is 0 Å². The highest BCUT2D eigenvalue weighted by Gasteiger charge is 2.23. The van der Waals surface area contributed by atoms with Crippen molar-refractivity contribution in [3.8, 4) is 0 Å². The molecule has 0 heterocycles.